The van der Waals surface area contributed by atoms with Crippen LogP contribution in [0.4, 0.5) is 0 Å². The number of aliphatic imine (C=N–C) groups is 1. The molecule has 0 aliphatic carbocycles. The quantitative estimate of drug-likeness (QED) is 0.456. The Hall–Kier alpha value is -1.15. The monoisotopic (exact) mass is 316 g/mol. The van der Waals surface area contributed by atoms with Gasteiger partial charge in [0.2, 0.25) is 0 Å². The summed E-state index contributed by atoms with van der Waals surface area (Å²) in [6.07, 6.45) is 6.10. The van der Waals surface area contributed by atoms with Crippen molar-refractivity contribution in [1.82, 2.24) is 4.90 Å². The minimum absolute atomic E-state index is 0.221. The predicted molar refractivity (Wildman–Crippen MR) is 104 cm³/mol. The number of unbranched alkanes of at least 4 members (excludes halogenated alkanes) is 3. The van der Waals surface area contributed by atoms with Crippen LogP contribution < -0.4 is 0 Å². The van der Waals surface area contributed by atoms with Gasteiger partial charge in [-0.15, -0.1) is 0 Å². The summed E-state index contributed by atoms with van der Waals surface area (Å²) in [5, 5.41) is 0. The number of benzene rings is 1. The fraction of sp³-hybridized carbons (Fsp3) is 0.667. The van der Waals surface area contributed by atoms with E-state index in [1.165, 1.54) is 42.5 Å². The van der Waals surface area contributed by atoms with E-state index < -0.39 is 0 Å². The second-order valence-corrected chi connectivity index (χ2v) is 7.87. The van der Waals surface area contributed by atoms with E-state index >= 15 is 0 Å². The maximum absolute atomic E-state index is 4.88. The largest absolute Gasteiger partial charge is 0.304 e. The number of rotatable bonds is 9. The van der Waals surface area contributed by atoms with Gasteiger partial charge in [0.05, 0.1) is 0 Å². The first kappa shape index (κ1) is 19.9. The Morgan fingerprint density at radius 1 is 1.00 bits per heavy atom. The Bertz CT molecular complexity index is 464. The minimum Gasteiger partial charge on any atom is -0.304 e. The molecule has 2 nitrogen and oxygen atoms in total. The fourth-order valence-corrected chi connectivity index (χ4v) is 2.66. The summed E-state index contributed by atoms with van der Waals surface area (Å²) in [4.78, 5) is 7.09. The molecule has 0 saturated carbocycles. The zero-order valence-corrected chi connectivity index (χ0v) is 16.2. The van der Waals surface area contributed by atoms with E-state index in [0.717, 1.165) is 19.5 Å². The highest BCUT2D eigenvalue weighted by Crippen LogP contribution is 2.22. The Morgan fingerprint density at radius 2 is 1.65 bits per heavy atom. The first-order valence-corrected chi connectivity index (χ1v) is 9.09. The summed E-state index contributed by atoms with van der Waals surface area (Å²) >= 11 is 0. The van der Waals surface area contributed by atoms with Crippen molar-refractivity contribution in [3.8, 4) is 0 Å². The zero-order valence-electron chi connectivity index (χ0n) is 16.2. The normalized spacial score (nSPS) is 12.9. The second kappa shape index (κ2) is 9.87. The standard InChI is InChI=1S/C21H36N2/c1-7-8-9-10-15-22-20(17-23(5)6)16-18-11-13-19(14-12-18)21(2,3)4/h11-14H,7-10,15-17H2,1-6H3. The van der Waals surface area contributed by atoms with Crippen molar-refractivity contribution >= 4 is 5.71 Å². The van der Waals surface area contributed by atoms with Crippen LogP contribution in [0, 0.1) is 0 Å². The fourth-order valence-electron chi connectivity index (χ4n) is 2.66. The summed E-state index contributed by atoms with van der Waals surface area (Å²) in [6.45, 7) is 11.0. The van der Waals surface area contributed by atoms with Crippen LogP contribution in [0.15, 0.2) is 29.3 Å². The van der Waals surface area contributed by atoms with Gasteiger partial charge in [-0.1, -0.05) is 71.2 Å². The highest BCUT2D eigenvalue weighted by atomic mass is 15.1. The smallest absolute Gasteiger partial charge is 0.0389 e. The summed E-state index contributed by atoms with van der Waals surface area (Å²) in [6, 6.07) is 9.07. The van der Waals surface area contributed by atoms with Crippen LogP contribution in [0.2, 0.25) is 0 Å². The maximum atomic E-state index is 4.88. The Morgan fingerprint density at radius 3 is 2.17 bits per heavy atom. The molecule has 0 aliphatic rings. The number of hydrogen-bond acceptors (Lipinski definition) is 2. The van der Waals surface area contributed by atoms with Crippen molar-refractivity contribution in [2.24, 2.45) is 4.99 Å². The van der Waals surface area contributed by atoms with E-state index in [4.69, 9.17) is 4.99 Å². The lowest BCUT2D eigenvalue weighted by molar-refractivity contribution is 0.467. The van der Waals surface area contributed by atoms with Crippen molar-refractivity contribution in [2.45, 2.75) is 65.2 Å². The molecule has 23 heavy (non-hydrogen) atoms. The topological polar surface area (TPSA) is 15.6 Å². The molecule has 1 rings (SSSR count). The van der Waals surface area contributed by atoms with Crippen molar-refractivity contribution < 1.29 is 0 Å². The SMILES string of the molecule is CCCCCCN=C(Cc1ccc(C(C)(C)C)cc1)CN(C)C. The lowest BCUT2D eigenvalue weighted by Gasteiger charge is -2.19. The molecule has 0 spiro atoms. The van der Waals surface area contributed by atoms with Crippen molar-refractivity contribution in [3.05, 3.63) is 35.4 Å². The second-order valence-electron chi connectivity index (χ2n) is 7.87. The molecule has 0 atom stereocenters. The number of nitrogens with zero attached hydrogens (tertiary/aromatic N) is 2. The van der Waals surface area contributed by atoms with Gasteiger partial charge in [0.15, 0.2) is 0 Å². The molecule has 0 radical (unpaired) electrons. The Kier molecular flexibility index (Phi) is 8.54. The molecule has 0 aliphatic heterocycles. The molecular weight excluding hydrogens is 280 g/mol. The molecule has 0 amide bonds. The van der Waals surface area contributed by atoms with Crippen molar-refractivity contribution in [2.75, 3.05) is 27.2 Å². The van der Waals surface area contributed by atoms with Gasteiger partial charge in [-0.2, -0.15) is 0 Å². The van der Waals surface area contributed by atoms with E-state index in [1.807, 2.05) is 0 Å². The van der Waals surface area contributed by atoms with Crippen molar-refractivity contribution in [3.63, 3.8) is 0 Å². The summed E-state index contributed by atoms with van der Waals surface area (Å²) in [7, 11) is 4.24. The average Bonchev–Trinajstić information content (AvgIpc) is 2.46. The van der Waals surface area contributed by atoms with E-state index in [2.05, 4.69) is 71.0 Å². The molecule has 0 N–H and O–H groups in total. The van der Waals surface area contributed by atoms with E-state index in [1.54, 1.807) is 0 Å². The van der Waals surface area contributed by atoms with Crippen LogP contribution in [0.3, 0.4) is 0 Å². The van der Waals surface area contributed by atoms with Crippen LogP contribution in [0.25, 0.3) is 0 Å². The van der Waals surface area contributed by atoms with E-state index in [0.29, 0.717) is 0 Å². The van der Waals surface area contributed by atoms with Gasteiger partial charge in [0, 0.05) is 25.2 Å². The maximum Gasteiger partial charge on any atom is 0.0389 e. The lowest BCUT2D eigenvalue weighted by atomic mass is 9.86. The van der Waals surface area contributed by atoms with Gasteiger partial charge in [0.1, 0.15) is 0 Å². The average molecular weight is 317 g/mol. The van der Waals surface area contributed by atoms with Gasteiger partial charge < -0.3 is 4.90 Å². The molecule has 1 aromatic carbocycles. The molecule has 0 bridgehead atoms. The Balaban J connectivity index is 2.67. The first-order valence-electron chi connectivity index (χ1n) is 9.09. The third-order valence-corrected chi connectivity index (χ3v) is 4.07. The van der Waals surface area contributed by atoms with Gasteiger partial charge in [-0.25, -0.2) is 0 Å². The van der Waals surface area contributed by atoms with Crippen LogP contribution >= 0.6 is 0 Å². The first-order chi connectivity index (χ1) is 10.8. The third-order valence-electron chi connectivity index (χ3n) is 4.07. The van der Waals surface area contributed by atoms with Crippen LogP contribution in [-0.2, 0) is 11.8 Å². The van der Waals surface area contributed by atoms with Gasteiger partial charge in [-0.05, 0) is 37.1 Å². The highest BCUT2D eigenvalue weighted by molar-refractivity contribution is 5.88. The molecule has 1 aromatic rings. The molecule has 0 unspecified atom stereocenters. The van der Waals surface area contributed by atoms with Gasteiger partial charge in [0.25, 0.3) is 0 Å². The lowest BCUT2D eigenvalue weighted by Crippen LogP contribution is -2.23. The van der Waals surface area contributed by atoms with Gasteiger partial charge >= 0.3 is 0 Å². The van der Waals surface area contributed by atoms with Crippen LogP contribution in [-0.4, -0.2) is 37.8 Å². The van der Waals surface area contributed by atoms with Crippen molar-refractivity contribution in [1.29, 1.82) is 0 Å². The van der Waals surface area contributed by atoms with E-state index in [-0.39, 0.29) is 5.41 Å². The minimum atomic E-state index is 0.221. The number of hydrogen-bond donors (Lipinski definition) is 0. The predicted octanol–water partition coefficient (Wildman–Crippen LogP) is 5.11. The summed E-state index contributed by atoms with van der Waals surface area (Å²) < 4.78 is 0. The molecule has 0 fully saturated rings. The molecule has 0 saturated heterocycles. The van der Waals surface area contributed by atoms with Crippen LogP contribution in [0.5, 0.6) is 0 Å². The van der Waals surface area contributed by atoms with Crippen LogP contribution in [0.1, 0.15) is 64.5 Å². The Labute approximate surface area is 144 Å². The molecule has 2 heteroatoms. The highest BCUT2D eigenvalue weighted by Gasteiger charge is 2.13. The summed E-state index contributed by atoms with van der Waals surface area (Å²) in [5.74, 6) is 0. The van der Waals surface area contributed by atoms with Gasteiger partial charge in [-0.3, -0.25) is 4.99 Å². The molecule has 0 aromatic heterocycles. The van der Waals surface area contributed by atoms with E-state index in [9.17, 15) is 0 Å². The summed E-state index contributed by atoms with van der Waals surface area (Å²) in [5.41, 5.74) is 4.28. The zero-order chi connectivity index (χ0) is 17.3. The molecule has 130 valence electrons. The molecule has 0 heterocycles. The molecular formula is C21H36N2. The third kappa shape index (κ3) is 8.31.